The first-order valence-corrected chi connectivity index (χ1v) is 7.24. The molecule has 0 radical (unpaired) electrons. The zero-order valence-corrected chi connectivity index (χ0v) is 13.1. The van der Waals surface area contributed by atoms with Crippen LogP contribution in [0.1, 0.15) is 37.1 Å². The molecule has 0 aliphatic rings. The third-order valence-corrected chi connectivity index (χ3v) is 3.03. The number of methoxy groups -OCH3 is 1. The highest BCUT2D eigenvalue weighted by atomic mass is 16.5. The second-order valence-electron chi connectivity index (χ2n) is 4.62. The van der Waals surface area contributed by atoms with Crippen molar-refractivity contribution in [2.45, 2.75) is 26.5 Å². The lowest BCUT2D eigenvalue weighted by Crippen LogP contribution is -2.14. The third kappa shape index (κ3) is 3.75. The minimum Gasteiger partial charge on any atom is -0.490 e. The van der Waals surface area contributed by atoms with Crippen molar-refractivity contribution >= 4 is 0 Å². The van der Waals surface area contributed by atoms with Gasteiger partial charge in [-0.05, 0) is 31.5 Å². The molecule has 0 saturated carbocycles. The molecular formula is C15H22N4O3. The summed E-state index contributed by atoms with van der Waals surface area (Å²) in [6, 6.07) is 5.17. The number of nitrogens with two attached hydrogens (primary N) is 1. The summed E-state index contributed by atoms with van der Waals surface area (Å²) in [6.45, 7) is 5.35. The van der Waals surface area contributed by atoms with Gasteiger partial charge < -0.3 is 19.9 Å². The summed E-state index contributed by atoms with van der Waals surface area (Å²) >= 11 is 0. The Labute approximate surface area is 129 Å². The maximum atomic E-state index is 6.23. The topological polar surface area (TPSA) is 95.3 Å². The molecule has 0 amide bonds. The van der Waals surface area contributed by atoms with Gasteiger partial charge >= 0.3 is 0 Å². The Kier molecular flexibility index (Phi) is 5.74. The smallest absolute Gasteiger partial charge is 0.171 e. The van der Waals surface area contributed by atoms with Crippen LogP contribution in [-0.4, -0.2) is 35.5 Å². The molecule has 0 spiro atoms. The van der Waals surface area contributed by atoms with Crippen molar-refractivity contribution in [3.63, 3.8) is 0 Å². The molecule has 22 heavy (non-hydrogen) atoms. The van der Waals surface area contributed by atoms with Crippen LogP contribution in [0.4, 0.5) is 0 Å². The van der Waals surface area contributed by atoms with E-state index in [0.29, 0.717) is 43.0 Å². The van der Waals surface area contributed by atoms with Crippen LogP contribution in [-0.2, 0) is 11.3 Å². The fourth-order valence-electron chi connectivity index (χ4n) is 2.06. The zero-order chi connectivity index (χ0) is 15.9. The van der Waals surface area contributed by atoms with Gasteiger partial charge in [-0.15, -0.1) is 0 Å². The van der Waals surface area contributed by atoms with Crippen LogP contribution < -0.4 is 15.2 Å². The second-order valence-corrected chi connectivity index (χ2v) is 4.62. The van der Waals surface area contributed by atoms with Crippen LogP contribution in [0.3, 0.4) is 0 Å². The van der Waals surface area contributed by atoms with Gasteiger partial charge in [-0.1, -0.05) is 6.07 Å². The summed E-state index contributed by atoms with van der Waals surface area (Å²) in [5.41, 5.74) is 7.09. The first kappa shape index (κ1) is 16.3. The molecule has 0 unspecified atom stereocenters. The normalized spacial score (nSPS) is 12.2. The molecule has 1 atom stereocenters. The first-order valence-electron chi connectivity index (χ1n) is 7.24. The molecule has 0 saturated heterocycles. The molecule has 1 aromatic heterocycles. The van der Waals surface area contributed by atoms with Gasteiger partial charge in [-0.25, -0.2) is 4.98 Å². The summed E-state index contributed by atoms with van der Waals surface area (Å²) < 4.78 is 16.2. The van der Waals surface area contributed by atoms with Crippen LogP contribution >= 0.6 is 0 Å². The highest BCUT2D eigenvalue weighted by molar-refractivity contribution is 5.44. The number of rotatable bonds is 8. The van der Waals surface area contributed by atoms with Gasteiger partial charge in [0, 0.05) is 7.11 Å². The minimum atomic E-state index is -0.447. The van der Waals surface area contributed by atoms with E-state index >= 15 is 0 Å². The standard InChI is InChI=1S/C15H22N4O3/c1-4-21-11-7-6-10(8-12(11)22-5-2)14(16)15-17-13(9-20-3)18-19-15/h6-8,14H,4-5,9,16H2,1-3H3,(H,17,18,19)/t14-/m1/s1. The van der Waals surface area contributed by atoms with E-state index < -0.39 is 6.04 Å². The minimum absolute atomic E-state index is 0.368. The molecule has 120 valence electrons. The average molecular weight is 306 g/mol. The Balaban J connectivity index is 2.24. The van der Waals surface area contributed by atoms with Crippen LogP contribution in [0.15, 0.2) is 18.2 Å². The highest BCUT2D eigenvalue weighted by Crippen LogP contribution is 2.31. The molecule has 2 rings (SSSR count). The predicted octanol–water partition coefficient (Wildman–Crippen LogP) is 1.80. The molecule has 0 bridgehead atoms. The Bertz CT molecular complexity index is 600. The fraction of sp³-hybridized carbons (Fsp3) is 0.467. The van der Waals surface area contributed by atoms with E-state index in [9.17, 15) is 0 Å². The number of hydrogen-bond donors (Lipinski definition) is 2. The second kappa shape index (κ2) is 7.77. The lowest BCUT2D eigenvalue weighted by atomic mass is 10.1. The molecule has 0 fully saturated rings. The number of benzene rings is 1. The molecular weight excluding hydrogens is 284 g/mol. The van der Waals surface area contributed by atoms with Crippen LogP contribution in [0.5, 0.6) is 11.5 Å². The Morgan fingerprint density at radius 2 is 1.91 bits per heavy atom. The maximum Gasteiger partial charge on any atom is 0.171 e. The van der Waals surface area contributed by atoms with E-state index in [0.717, 1.165) is 5.56 Å². The fourth-order valence-corrected chi connectivity index (χ4v) is 2.06. The molecule has 1 aromatic carbocycles. The number of aromatic nitrogens is 3. The van der Waals surface area contributed by atoms with Crippen molar-refractivity contribution in [1.29, 1.82) is 0 Å². The third-order valence-electron chi connectivity index (χ3n) is 3.03. The van der Waals surface area contributed by atoms with Gasteiger partial charge in [-0.2, -0.15) is 5.10 Å². The van der Waals surface area contributed by atoms with Crippen molar-refractivity contribution < 1.29 is 14.2 Å². The predicted molar refractivity (Wildman–Crippen MR) is 81.9 cm³/mol. The van der Waals surface area contributed by atoms with E-state index in [1.54, 1.807) is 7.11 Å². The van der Waals surface area contributed by atoms with Gasteiger partial charge in [-0.3, -0.25) is 5.10 Å². The zero-order valence-electron chi connectivity index (χ0n) is 13.1. The average Bonchev–Trinajstić information content (AvgIpc) is 2.98. The summed E-state index contributed by atoms with van der Waals surface area (Å²) in [5.74, 6) is 2.53. The van der Waals surface area contributed by atoms with Crippen LogP contribution in [0.2, 0.25) is 0 Å². The van der Waals surface area contributed by atoms with Crippen molar-refractivity contribution in [1.82, 2.24) is 15.2 Å². The largest absolute Gasteiger partial charge is 0.490 e. The summed E-state index contributed by atoms with van der Waals surface area (Å²) in [4.78, 5) is 4.32. The van der Waals surface area contributed by atoms with E-state index in [2.05, 4.69) is 15.2 Å². The molecule has 7 nitrogen and oxygen atoms in total. The highest BCUT2D eigenvalue weighted by Gasteiger charge is 2.17. The molecule has 0 aliphatic carbocycles. The van der Waals surface area contributed by atoms with E-state index in [-0.39, 0.29) is 0 Å². The van der Waals surface area contributed by atoms with E-state index in [1.165, 1.54) is 0 Å². The molecule has 0 aliphatic heterocycles. The number of ether oxygens (including phenoxy) is 3. The van der Waals surface area contributed by atoms with Gasteiger partial charge in [0.15, 0.2) is 23.1 Å². The van der Waals surface area contributed by atoms with E-state index in [4.69, 9.17) is 19.9 Å². The lowest BCUT2D eigenvalue weighted by Gasteiger charge is -2.14. The lowest BCUT2D eigenvalue weighted by molar-refractivity contribution is 0.178. The molecule has 7 heteroatoms. The van der Waals surface area contributed by atoms with Crippen molar-refractivity contribution in [3.8, 4) is 11.5 Å². The van der Waals surface area contributed by atoms with Gasteiger partial charge in [0.25, 0.3) is 0 Å². The number of nitrogens with one attached hydrogen (secondary N) is 1. The van der Waals surface area contributed by atoms with Crippen molar-refractivity contribution in [2.24, 2.45) is 5.73 Å². The first-order chi connectivity index (χ1) is 10.7. The van der Waals surface area contributed by atoms with Crippen LogP contribution in [0.25, 0.3) is 0 Å². The number of hydrogen-bond acceptors (Lipinski definition) is 6. The van der Waals surface area contributed by atoms with Crippen LogP contribution in [0, 0.1) is 0 Å². The van der Waals surface area contributed by atoms with E-state index in [1.807, 2.05) is 32.0 Å². The summed E-state index contributed by atoms with van der Waals surface area (Å²) in [6.07, 6.45) is 0. The number of aromatic amines is 1. The summed E-state index contributed by atoms with van der Waals surface area (Å²) in [5, 5.41) is 6.94. The number of H-pyrrole nitrogens is 1. The molecule has 3 N–H and O–H groups in total. The van der Waals surface area contributed by atoms with Crippen molar-refractivity contribution in [2.75, 3.05) is 20.3 Å². The maximum absolute atomic E-state index is 6.23. The number of nitrogens with zero attached hydrogens (tertiary/aromatic N) is 2. The monoisotopic (exact) mass is 306 g/mol. The Hall–Kier alpha value is -2.12. The Morgan fingerprint density at radius 3 is 2.59 bits per heavy atom. The van der Waals surface area contributed by atoms with Crippen molar-refractivity contribution in [3.05, 3.63) is 35.4 Å². The quantitative estimate of drug-likeness (QED) is 0.772. The SMILES string of the molecule is CCOc1ccc([C@@H](N)c2n[nH]c(COC)n2)cc1OCC. The summed E-state index contributed by atoms with van der Waals surface area (Å²) in [7, 11) is 1.60. The van der Waals surface area contributed by atoms with Gasteiger partial charge in [0.05, 0.1) is 19.3 Å². The van der Waals surface area contributed by atoms with Gasteiger partial charge in [0.2, 0.25) is 0 Å². The Morgan fingerprint density at radius 1 is 1.18 bits per heavy atom. The van der Waals surface area contributed by atoms with Gasteiger partial charge in [0.1, 0.15) is 6.61 Å². The molecule has 2 aromatic rings. The molecule has 1 heterocycles.